The van der Waals surface area contributed by atoms with Crippen LogP contribution in [0.2, 0.25) is 18.1 Å². The summed E-state index contributed by atoms with van der Waals surface area (Å²) in [6, 6.07) is 2.25. The van der Waals surface area contributed by atoms with Gasteiger partial charge in [0.25, 0.3) is 0 Å². The number of epoxide rings is 1. The third-order valence-corrected chi connectivity index (χ3v) is 10.8. The smallest absolute Gasteiger partial charge is 0.197 e. The van der Waals surface area contributed by atoms with Crippen LogP contribution in [0.4, 0.5) is 0 Å². The van der Waals surface area contributed by atoms with Crippen molar-refractivity contribution < 1.29 is 23.4 Å². The molecule has 0 N–H and O–H groups in total. The Morgan fingerprint density at radius 2 is 1.85 bits per heavy atom. The number of rotatable bonds is 7. The molecule has 0 bridgehead atoms. The standard InChI is InChI=1S/C19H35NO5Si/c1-17(2,3)26(8,9)25-19-16(24-19)14(11-20)23-15(18(19,4)5)10-13(22-7)12-21-6/h13-16H,10,12H2,1-9H3/t13-,14+,15+,16-,19+/m0/s1. The highest BCUT2D eigenvalue weighted by Crippen LogP contribution is 2.61. The van der Waals surface area contributed by atoms with Gasteiger partial charge < -0.3 is 23.4 Å². The number of hydrogen-bond donors (Lipinski definition) is 0. The van der Waals surface area contributed by atoms with Gasteiger partial charge in [0.1, 0.15) is 0 Å². The quantitative estimate of drug-likeness (QED) is 0.493. The molecule has 2 heterocycles. The maximum Gasteiger partial charge on any atom is 0.197 e. The molecule has 26 heavy (non-hydrogen) atoms. The van der Waals surface area contributed by atoms with Crippen LogP contribution in [-0.2, 0) is 23.4 Å². The van der Waals surface area contributed by atoms with Crippen LogP contribution in [0.3, 0.4) is 0 Å². The first kappa shape index (κ1) is 21.8. The second kappa shape index (κ2) is 7.15. The van der Waals surface area contributed by atoms with Gasteiger partial charge >= 0.3 is 0 Å². The average molecular weight is 386 g/mol. The molecule has 0 radical (unpaired) electrons. The molecule has 150 valence electrons. The topological polar surface area (TPSA) is 73.2 Å². The maximum absolute atomic E-state index is 9.59. The van der Waals surface area contributed by atoms with E-state index >= 15 is 0 Å². The number of nitriles is 1. The summed E-state index contributed by atoms with van der Waals surface area (Å²) in [6.07, 6.45) is -0.678. The minimum absolute atomic E-state index is 0.0510. The fourth-order valence-corrected chi connectivity index (χ4v) is 4.92. The molecule has 2 fully saturated rings. The van der Waals surface area contributed by atoms with Crippen LogP contribution in [0.1, 0.15) is 41.0 Å². The Kier molecular flexibility index (Phi) is 6.00. The molecule has 0 aliphatic carbocycles. The predicted molar refractivity (Wildman–Crippen MR) is 101 cm³/mol. The lowest BCUT2D eigenvalue weighted by molar-refractivity contribution is -0.174. The number of ether oxygens (including phenoxy) is 4. The van der Waals surface area contributed by atoms with Gasteiger partial charge in [0, 0.05) is 26.1 Å². The van der Waals surface area contributed by atoms with E-state index < -0.39 is 25.6 Å². The van der Waals surface area contributed by atoms with Gasteiger partial charge in [-0.2, -0.15) is 5.26 Å². The first-order valence-corrected chi connectivity index (χ1v) is 12.2. The second-order valence-corrected chi connectivity index (χ2v) is 14.2. The highest BCUT2D eigenvalue weighted by molar-refractivity contribution is 6.74. The number of hydrogen-bond acceptors (Lipinski definition) is 6. The molecule has 2 saturated heterocycles. The van der Waals surface area contributed by atoms with Crippen molar-refractivity contribution in [3.63, 3.8) is 0 Å². The largest absolute Gasteiger partial charge is 0.387 e. The van der Waals surface area contributed by atoms with Crippen molar-refractivity contribution in [1.82, 2.24) is 0 Å². The molecule has 2 rings (SSSR count). The van der Waals surface area contributed by atoms with Crippen molar-refractivity contribution >= 4 is 8.32 Å². The summed E-state index contributed by atoms with van der Waals surface area (Å²) in [6.45, 7) is 15.7. The zero-order chi connectivity index (χ0) is 20.0. The summed E-state index contributed by atoms with van der Waals surface area (Å²) in [7, 11) is 1.23. The van der Waals surface area contributed by atoms with E-state index in [1.165, 1.54) is 0 Å². The molecule has 0 unspecified atom stereocenters. The van der Waals surface area contributed by atoms with Crippen LogP contribution in [0, 0.1) is 16.7 Å². The van der Waals surface area contributed by atoms with E-state index in [4.69, 9.17) is 23.4 Å². The van der Waals surface area contributed by atoms with Crippen LogP contribution in [0.5, 0.6) is 0 Å². The zero-order valence-corrected chi connectivity index (χ0v) is 18.7. The normalized spacial score (nSPS) is 34.7. The summed E-state index contributed by atoms with van der Waals surface area (Å²) >= 11 is 0. The fourth-order valence-electron chi connectivity index (χ4n) is 3.43. The van der Waals surface area contributed by atoms with E-state index in [0.717, 1.165) is 0 Å². The monoisotopic (exact) mass is 385 g/mol. The molecular weight excluding hydrogens is 350 g/mol. The van der Waals surface area contributed by atoms with Crippen molar-refractivity contribution in [2.24, 2.45) is 5.41 Å². The Hall–Kier alpha value is -0.493. The lowest BCUT2D eigenvalue weighted by Gasteiger charge is -2.48. The van der Waals surface area contributed by atoms with Gasteiger partial charge in [-0.3, -0.25) is 0 Å². The van der Waals surface area contributed by atoms with Crippen molar-refractivity contribution in [3.05, 3.63) is 0 Å². The van der Waals surface area contributed by atoms with Gasteiger partial charge in [-0.25, -0.2) is 0 Å². The summed E-state index contributed by atoms with van der Waals surface area (Å²) in [5.41, 5.74) is -0.412. The molecule has 2 aliphatic rings. The molecule has 7 heteroatoms. The Labute approximate surface area is 159 Å². The molecule has 5 atom stereocenters. The first-order chi connectivity index (χ1) is 11.9. The van der Waals surface area contributed by atoms with Gasteiger partial charge in [-0.15, -0.1) is 0 Å². The third kappa shape index (κ3) is 3.60. The molecule has 0 saturated carbocycles. The summed E-state index contributed by atoms with van der Waals surface area (Å²) in [4.78, 5) is 0. The molecule has 0 amide bonds. The molecule has 0 aromatic heterocycles. The number of nitrogens with zero attached hydrogens (tertiary/aromatic N) is 1. The Bertz CT molecular complexity index is 553. The second-order valence-electron chi connectivity index (χ2n) is 9.51. The van der Waals surface area contributed by atoms with Gasteiger partial charge in [0.15, 0.2) is 26.3 Å². The Morgan fingerprint density at radius 3 is 2.31 bits per heavy atom. The molecule has 0 aromatic rings. The third-order valence-electron chi connectivity index (χ3n) is 6.41. The highest BCUT2D eigenvalue weighted by Gasteiger charge is 2.76. The minimum atomic E-state index is -2.09. The summed E-state index contributed by atoms with van der Waals surface area (Å²) < 4.78 is 29.8. The Balaban J connectivity index is 2.31. The van der Waals surface area contributed by atoms with Crippen LogP contribution < -0.4 is 0 Å². The lowest BCUT2D eigenvalue weighted by Crippen LogP contribution is -2.60. The Morgan fingerprint density at radius 1 is 1.23 bits per heavy atom. The van der Waals surface area contributed by atoms with E-state index in [9.17, 15) is 5.26 Å². The zero-order valence-electron chi connectivity index (χ0n) is 17.7. The molecule has 0 aromatic carbocycles. The number of fused-ring (bicyclic) bond motifs is 1. The van der Waals surface area contributed by atoms with E-state index in [1.54, 1.807) is 14.2 Å². The predicted octanol–water partition coefficient (Wildman–Crippen LogP) is 3.47. The van der Waals surface area contributed by atoms with Gasteiger partial charge in [0.05, 0.1) is 24.9 Å². The molecular formula is C19H35NO5Si. The van der Waals surface area contributed by atoms with Crippen molar-refractivity contribution in [3.8, 4) is 6.07 Å². The van der Waals surface area contributed by atoms with E-state index in [0.29, 0.717) is 13.0 Å². The van der Waals surface area contributed by atoms with Gasteiger partial charge in [0.2, 0.25) is 0 Å². The van der Waals surface area contributed by atoms with E-state index in [-0.39, 0.29) is 23.4 Å². The summed E-state index contributed by atoms with van der Waals surface area (Å²) in [5.74, 6) is -0.773. The van der Waals surface area contributed by atoms with Gasteiger partial charge in [-0.1, -0.05) is 34.6 Å². The molecule has 6 nitrogen and oxygen atoms in total. The van der Waals surface area contributed by atoms with Crippen LogP contribution in [0.25, 0.3) is 0 Å². The van der Waals surface area contributed by atoms with Crippen LogP contribution in [0.15, 0.2) is 0 Å². The fraction of sp³-hybridized carbons (Fsp3) is 0.947. The molecule has 2 aliphatic heterocycles. The summed E-state index contributed by atoms with van der Waals surface area (Å²) in [5, 5.41) is 9.64. The van der Waals surface area contributed by atoms with Crippen molar-refractivity contribution in [2.45, 2.75) is 89.4 Å². The van der Waals surface area contributed by atoms with Crippen molar-refractivity contribution in [1.29, 1.82) is 5.26 Å². The maximum atomic E-state index is 9.59. The average Bonchev–Trinajstić information content (AvgIpc) is 3.24. The SMILES string of the molecule is COC[C@H](C[C@H]1O[C@H](C#N)[C@@H]2O[C@]2(O[Si](C)(C)C(C)(C)C)C1(C)C)OC. The minimum Gasteiger partial charge on any atom is -0.387 e. The lowest BCUT2D eigenvalue weighted by atomic mass is 9.74. The van der Waals surface area contributed by atoms with Crippen LogP contribution >= 0.6 is 0 Å². The number of methoxy groups -OCH3 is 2. The van der Waals surface area contributed by atoms with Gasteiger partial charge in [-0.05, 0) is 18.1 Å². The molecule has 0 spiro atoms. The first-order valence-electron chi connectivity index (χ1n) is 9.31. The van der Waals surface area contributed by atoms with E-state index in [1.807, 2.05) is 0 Å². The van der Waals surface area contributed by atoms with Crippen LogP contribution in [-0.4, -0.2) is 59.3 Å². The van der Waals surface area contributed by atoms with Crippen molar-refractivity contribution in [2.75, 3.05) is 20.8 Å². The highest BCUT2D eigenvalue weighted by atomic mass is 28.4. The van der Waals surface area contributed by atoms with E-state index in [2.05, 4.69) is 53.8 Å².